The lowest BCUT2D eigenvalue weighted by molar-refractivity contribution is -0.121. The van der Waals surface area contributed by atoms with Crippen LogP contribution >= 0.6 is 0 Å². The van der Waals surface area contributed by atoms with Crippen LogP contribution in [0.25, 0.3) is 0 Å². The summed E-state index contributed by atoms with van der Waals surface area (Å²) in [5.74, 6) is 0.497. The van der Waals surface area contributed by atoms with E-state index in [0.717, 1.165) is 5.75 Å². The van der Waals surface area contributed by atoms with Crippen LogP contribution in [0.15, 0.2) is 48.5 Å². The van der Waals surface area contributed by atoms with Gasteiger partial charge >= 0.3 is 0 Å². The third-order valence-electron chi connectivity index (χ3n) is 4.36. The number of aryl methyl sites for hydroxylation is 1. The summed E-state index contributed by atoms with van der Waals surface area (Å²) >= 11 is 0. The molecule has 0 unspecified atom stereocenters. The first-order chi connectivity index (χ1) is 13.3. The number of hydrogen-bond acceptors (Lipinski definition) is 3. The Hall–Kier alpha value is -2.82. The fourth-order valence-corrected chi connectivity index (χ4v) is 2.60. The van der Waals surface area contributed by atoms with E-state index >= 15 is 0 Å². The molecule has 0 aliphatic heterocycles. The lowest BCUT2D eigenvalue weighted by Gasteiger charge is -2.19. The van der Waals surface area contributed by atoms with Gasteiger partial charge in [-0.05, 0) is 42.2 Å². The minimum atomic E-state index is -0.170. The van der Waals surface area contributed by atoms with Crippen molar-refractivity contribution in [3.8, 4) is 5.75 Å². The largest absolute Gasteiger partial charge is 0.492 e. The first-order valence-electron chi connectivity index (χ1n) is 9.60. The molecule has 0 atom stereocenters. The Morgan fingerprint density at radius 2 is 1.54 bits per heavy atom. The van der Waals surface area contributed by atoms with E-state index in [4.69, 9.17) is 4.74 Å². The van der Waals surface area contributed by atoms with Crippen LogP contribution in [-0.2, 0) is 10.2 Å². The van der Waals surface area contributed by atoms with Crippen molar-refractivity contribution in [3.63, 3.8) is 0 Å². The summed E-state index contributed by atoms with van der Waals surface area (Å²) in [5.41, 5.74) is 3.00. The summed E-state index contributed by atoms with van der Waals surface area (Å²) in [6.07, 6.45) is 0.232. The molecule has 0 heterocycles. The van der Waals surface area contributed by atoms with Gasteiger partial charge in [-0.15, -0.1) is 0 Å². The van der Waals surface area contributed by atoms with E-state index < -0.39 is 0 Å². The van der Waals surface area contributed by atoms with E-state index in [0.29, 0.717) is 25.3 Å². The first kappa shape index (κ1) is 21.5. The molecule has 150 valence electrons. The molecule has 0 spiro atoms. The average Bonchev–Trinajstić information content (AvgIpc) is 2.66. The quantitative estimate of drug-likeness (QED) is 0.686. The number of carbonyl (C=O) groups excluding carboxylic acids is 2. The van der Waals surface area contributed by atoms with Crippen LogP contribution in [-0.4, -0.2) is 31.5 Å². The van der Waals surface area contributed by atoms with Gasteiger partial charge in [0.15, 0.2) is 0 Å². The molecule has 5 nitrogen and oxygen atoms in total. The Morgan fingerprint density at radius 1 is 0.893 bits per heavy atom. The molecule has 0 saturated carbocycles. The van der Waals surface area contributed by atoms with Crippen molar-refractivity contribution in [1.82, 2.24) is 10.6 Å². The molecule has 0 saturated heterocycles. The van der Waals surface area contributed by atoms with Crippen molar-refractivity contribution in [2.24, 2.45) is 0 Å². The molecule has 2 aromatic rings. The van der Waals surface area contributed by atoms with Crippen molar-refractivity contribution >= 4 is 11.8 Å². The Morgan fingerprint density at radius 3 is 2.14 bits per heavy atom. The smallest absolute Gasteiger partial charge is 0.251 e. The van der Waals surface area contributed by atoms with Crippen LogP contribution in [0.3, 0.4) is 0 Å². The monoisotopic (exact) mass is 382 g/mol. The number of carbonyl (C=O) groups is 2. The van der Waals surface area contributed by atoms with Crippen molar-refractivity contribution in [2.45, 2.75) is 39.5 Å². The van der Waals surface area contributed by atoms with E-state index in [1.165, 1.54) is 11.1 Å². The molecule has 2 rings (SSSR count). The van der Waals surface area contributed by atoms with Gasteiger partial charge in [0.1, 0.15) is 12.4 Å². The number of nitrogens with one attached hydrogen (secondary N) is 2. The Labute approximate surface area is 167 Å². The summed E-state index contributed by atoms with van der Waals surface area (Å²) < 4.78 is 5.56. The Kier molecular flexibility index (Phi) is 7.61. The van der Waals surface area contributed by atoms with Crippen LogP contribution in [0.4, 0.5) is 0 Å². The van der Waals surface area contributed by atoms with E-state index in [-0.39, 0.29) is 23.7 Å². The van der Waals surface area contributed by atoms with Gasteiger partial charge in [-0.1, -0.05) is 50.6 Å². The van der Waals surface area contributed by atoms with E-state index in [9.17, 15) is 9.59 Å². The lowest BCUT2D eigenvalue weighted by Crippen LogP contribution is -2.32. The predicted molar refractivity (Wildman–Crippen MR) is 112 cm³/mol. The summed E-state index contributed by atoms with van der Waals surface area (Å²) in [6.45, 7) is 9.54. The van der Waals surface area contributed by atoms with Gasteiger partial charge in [-0.25, -0.2) is 0 Å². The minimum Gasteiger partial charge on any atom is -0.492 e. The third-order valence-corrected chi connectivity index (χ3v) is 4.36. The van der Waals surface area contributed by atoms with Gasteiger partial charge in [0, 0.05) is 18.5 Å². The predicted octanol–water partition coefficient (Wildman–Crippen LogP) is 3.61. The lowest BCUT2D eigenvalue weighted by atomic mass is 9.87. The highest BCUT2D eigenvalue weighted by atomic mass is 16.5. The first-order valence-corrected chi connectivity index (χ1v) is 9.60. The standard InChI is InChI=1S/C23H30N2O3/c1-17-5-11-20(12-6-17)28-16-15-24-21(26)13-14-25-22(27)18-7-9-19(10-8-18)23(2,3)4/h5-12H,13-16H2,1-4H3,(H,24,26)(H,25,27). The zero-order valence-corrected chi connectivity index (χ0v) is 17.2. The van der Waals surface area contributed by atoms with Gasteiger partial charge in [0.25, 0.3) is 5.91 Å². The molecule has 2 N–H and O–H groups in total. The highest BCUT2D eigenvalue weighted by Gasteiger charge is 2.14. The molecule has 0 bridgehead atoms. The van der Waals surface area contributed by atoms with Gasteiger partial charge in [-0.2, -0.15) is 0 Å². The maximum atomic E-state index is 12.2. The van der Waals surface area contributed by atoms with Crippen molar-refractivity contribution in [3.05, 3.63) is 65.2 Å². The second kappa shape index (κ2) is 9.93. The van der Waals surface area contributed by atoms with Gasteiger partial charge in [-0.3, -0.25) is 9.59 Å². The Bertz CT molecular complexity index is 775. The van der Waals surface area contributed by atoms with Crippen molar-refractivity contribution in [1.29, 1.82) is 0 Å². The summed E-state index contributed by atoms with van der Waals surface area (Å²) in [6, 6.07) is 15.3. The molecule has 0 fully saturated rings. The van der Waals surface area contributed by atoms with E-state index in [1.807, 2.05) is 55.5 Å². The number of benzene rings is 2. The maximum absolute atomic E-state index is 12.2. The van der Waals surface area contributed by atoms with E-state index in [1.54, 1.807) is 0 Å². The zero-order valence-electron chi connectivity index (χ0n) is 17.2. The minimum absolute atomic E-state index is 0.0518. The van der Waals surface area contributed by atoms with Crippen LogP contribution in [0, 0.1) is 6.92 Å². The molecule has 0 aromatic heterocycles. The molecule has 2 amide bonds. The highest BCUT2D eigenvalue weighted by Crippen LogP contribution is 2.22. The summed E-state index contributed by atoms with van der Waals surface area (Å²) in [7, 11) is 0. The molecule has 0 radical (unpaired) electrons. The maximum Gasteiger partial charge on any atom is 0.251 e. The van der Waals surface area contributed by atoms with E-state index in [2.05, 4.69) is 31.4 Å². The highest BCUT2D eigenvalue weighted by molar-refractivity contribution is 5.94. The Balaban J connectivity index is 1.63. The molecular formula is C23H30N2O3. The van der Waals surface area contributed by atoms with Crippen LogP contribution < -0.4 is 15.4 Å². The number of hydrogen-bond donors (Lipinski definition) is 2. The van der Waals surface area contributed by atoms with Crippen LogP contribution in [0.5, 0.6) is 5.75 Å². The van der Waals surface area contributed by atoms with Gasteiger partial charge in [0.2, 0.25) is 5.91 Å². The molecule has 2 aromatic carbocycles. The topological polar surface area (TPSA) is 67.4 Å². The normalized spacial score (nSPS) is 11.0. The zero-order chi connectivity index (χ0) is 20.6. The fourth-order valence-electron chi connectivity index (χ4n) is 2.60. The van der Waals surface area contributed by atoms with Gasteiger partial charge in [0.05, 0.1) is 6.54 Å². The summed E-state index contributed by atoms with van der Waals surface area (Å²) in [4.78, 5) is 24.0. The number of amides is 2. The average molecular weight is 383 g/mol. The summed E-state index contributed by atoms with van der Waals surface area (Å²) in [5, 5.41) is 5.57. The van der Waals surface area contributed by atoms with Crippen molar-refractivity contribution < 1.29 is 14.3 Å². The van der Waals surface area contributed by atoms with Gasteiger partial charge < -0.3 is 15.4 Å². The molecule has 5 heteroatoms. The molecular weight excluding hydrogens is 352 g/mol. The number of rotatable bonds is 8. The fraction of sp³-hybridized carbons (Fsp3) is 0.391. The third kappa shape index (κ3) is 7.06. The molecule has 0 aliphatic rings. The molecule has 28 heavy (non-hydrogen) atoms. The second-order valence-corrected chi connectivity index (χ2v) is 7.84. The molecule has 0 aliphatic carbocycles. The second-order valence-electron chi connectivity index (χ2n) is 7.84. The number of ether oxygens (including phenoxy) is 1. The van der Waals surface area contributed by atoms with Crippen LogP contribution in [0.2, 0.25) is 0 Å². The SMILES string of the molecule is Cc1ccc(OCCNC(=O)CCNC(=O)c2ccc(C(C)(C)C)cc2)cc1. The van der Waals surface area contributed by atoms with Crippen molar-refractivity contribution in [2.75, 3.05) is 19.7 Å². The van der Waals surface area contributed by atoms with Crippen LogP contribution in [0.1, 0.15) is 48.7 Å².